The predicted octanol–water partition coefficient (Wildman–Crippen LogP) is 1.27. The van der Waals surface area contributed by atoms with Crippen LogP contribution in [0.2, 0.25) is 0 Å². The lowest BCUT2D eigenvalue weighted by atomic mass is 10.1. The number of nitrogens with zero attached hydrogens (tertiary/aromatic N) is 2. The Morgan fingerprint density at radius 3 is 2.71 bits per heavy atom. The fraction of sp³-hybridized carbons (Fsp3) is 0.333. The molecule has 110 valence electrons. The molecule has 6 nitrogen and oxygen atoms in total. The number of hydrogen-bond acceptors (Lipinski definition) is 3. The van der Waals surface area contributed by atoms with E-state index >= 15 is 0 Å². The zero-order chi connectivity index (χ0) is 14.8. The molecule has 0 unspecified atom stereocenters. The van der Waals surface area contributed by atoms with Crippen molar-refractivity contribution < 1.29 is 9.63 Å². The second-order valence-corrected chi connectivity index (χ2v) is 4.99. The Morgan fingerprint density at radius 2 is 2.00 bits per heavy atom. The third kappa shape index (κ3) is 2.27. The minimum atomic E-state index is -0.483. The molecule has 2 heterocycles. The molecule has 0 aliphatic carbocycles. The predicted molar refractivity (Wildman–Crippen MR) is 77.4 cm³/mol. The van der Waals surface area contributed by atoms with E-state index in [0.29, 0.717) is 0 Å². The normalized spacial score (nSPS) is 13.8. The van der Waals surface area contributed by atoms with Gasteiger partial charge in [0.15, 0.2) is 0 Å². The Labute approximate surface area is 121 Å². The van der Waals surface area contributed by atoms with Crippen molar-refractivity contribution in [3.63, 3.8) is 0 Å². The van der Waals surface area contributed by atoms with E-state index in [1.165, 1.54) is 7.11 Å². The van der Waals surface area contributed by atoms with Crippen LogP contribution in [0.3, 0.4) is 0 Å². The number of nitrogens with one attached hydrogen (secondary N) is 1. The van der Waals surface area contributed by atoms with Crippen LogP contribution in [-0.2, 0) is 17.8 Å². The first-order valence-corrected chi connectivity index (χ1v) is 6.97. The largest absolute Gasteiger partial charge is 0.284 e. The van der Waals surface area contributed by atoms with Gasteiger partial charge in [-0.2, -0.15) is 0 Å². The smallest absolute Gasteiger partial charge is 0.281 e. The van der Waals surface area contributed by atoms with E-state index in [9.17, 15) is 9.59 Å². The summed E-state index contributed by atoms with van der Waals surface area (Å²) >= 11 is 0. The van der Waals surface area contributed by atoms with Crippen LogP contribution in [0.4, 0.5) is 0 Å². The number of aromatic nitrogens is 2. The lowest BCUT2D eigenvalue weighted by Gasteiger charge is -2.19. The molecule has 1 N–H and O–H groups in total. The van der Waals surface area contributed by atoms with Gasteiger partial charge in [-0.05, 0) is 31.4 Å². The zero-order valence-corrected chi connectivity index (χ0v) is 11.8. The Balaban J connectivity index is 2.22. The molecule has 1 aliphatic heterocycles. The van der Waals surface area contributed by atoms with E-state index in [0.717, 1.165) is 37.2 Å². The molecule has 0 atom stereocenters. The van der Waals surface area contributed by atoms with Gasteiger partial charge in [-0.15, -0.1) is 0 Å². The summed E-state index contributed by atoms with van der Waals surface area (Å²) in [6.45, 7) is 0.736. The summed E-state index contributed by atoms with van der Waals surface area (Å²) in [6.07, 6.45) is 2.70. The first-order valence-electron chi connectivity index (χ1n) is 6.97. The number of carbonyl (C=O) groups excluding carboxylic acids is 1. The highest BCUT2D eigenvalue weighted by Gasteiger charge is 2.27. The highest BCUT2D eigenvalue weighted by Crippen LogP contribution is 2.19. The molecule has 0 radical (unpaired) electrons. The quantitative estimate of drug-likeness (QED) is 0.865. The fourth-order valence-electron chi connectivity index (χ4n) is 2.83. The van der Waals surface area contributed by atoms with Crippen LogP contribution in [0.5, 0.6) is 0 Å². The molecule has 6 heteroatoms. The van der Waals surface area contributed by atoms with E-state index in [4.69, 9.17) is 0 Å². The summed E-state index contributed by atoms with van der Waals surface area (Å²) in [7, 11) is 1.36. The molecule has 3 rings (SSSR count). The minimum absolute atomic E-state index is 0.181. The van der Waals surface area contributed by atoms with Gasteiger partial charge < -0.3 is 0 Å². The standard InChI is InChI=1S/C15H17N3O3/c1-21-16-14(19)13-12-9-5-6-10-17(12)18(15(13)20)11-7-3-2-4-8-11/h2-4,7-8H,5-6,9-10H2,1H3,(H,16,19). The van der Waals surface area contributed by atoms with Crippen molar-refractivity contribution in [2.45, 2.75) is 25.8 Å². The van der Waals surface area contributed by atoms with Gasteiger partial charge in [0.25, 0.3) is 11.5 Å². The molecule has 1 aromatic carbocycles. The van der Waals surface area contributed by atoms with E-state index in [1.807, 2.05) is 35.0 Å². The summed E-state index contributed by atoms with van der Waals surface area (Å²) in [5, 5.41) is 0. The number of hydrogen-bond donors (Lipinski definition) is 1. The number of fused-ring (bicyclic) bond motifs is 1. The van der Waals surface area contributed by atoms with Crippen LogP contribution in [0, 0.1) is 0 Å². The summed E-state index contributed by atoms with van der Waals surface area (Å²) in [6, 6.07) is 9.37. The Kier molecular flexibility index (Phi) is 3.62. The average Bonchev–Trinajstić information content (AvgIpc) is 2.80. The summed E-state index contributed by atoms with van der Waals surface area (Å²) in [4.78, 5) is 29.5. The highest BCUT2D eigenvalue weighted by molar-refractivity contribution is 5.94. The van der Waals surface area contributed by atoms with E-state index in [1.54, 1.807) is 4.68 Å². The molecule has 0 bridgehead atoms. The van der Waals surface area contributed by atoms with Crippen molar-refractivity contribution >= 4 is 5.91 Å². The molecule has 0 saturated heterocycles. The first-order chi connectivity index (χ1) is 10.2. The minimum Gasteiger partial charge on any atom is -0.281 e. The average molecular weight is 287 g/mol. The highest BCUT2D eigenvalue weighted by atomic mass is 16.6. The molecule has 2 aromatic rings. The summed E-state index contributed by atoms with van der Waals surface area (Å²) < 4.78 is 3.49. The van der Waals surface area contributed by atoms with E-state index in [2.05, 4.69) is 10.3 Å². The van der Waals surface area contributed by atoms with Gasteiger partial charge in [-0.3, -0.25) is 19.1 Å². The van der Waals surface area contributed by atoms with Crippen LogP contribution in [0.15, 0.2) is 35.1 Å². The van der Waals surface area contributed by atoms with E-state index in [-0.39, 0.29) is 11.1 Å². The summed E-state index contributed by atoms with van der Waals surface area (Å²) in [5.74, 6) is -0.483. The Bertz CT molecular complexity index is 716. The van der Waals surface area contributed by atoms with Crippen molar-refractivity contribution in [2.24, 2.45) is 0 Å². The Morgan fingerprint density at radius 1 is 1.24 bits per heavy atom. The second kappa shape index (κ2) is 5.57. The van der Waals surface area contributed by atoms with Gasteiger partial charge >= 0.3 is 0 Å². The number of rotatable bonds is 3. The fourth-order valence-corrected chi connectivity index (χ4v) is 2.83. The van der Waals surface area contributed by atoms with Crippen LogP contribution in [0.1, 0.15) is 28.9 Å². The molecule has 1 aliphatic rings. The monoisotopic (exact) mass is 287 g/mol. The zero-order valence-electron chi connectivity index (χ0n) is 11.8. The molecular formula is C15H17N3O3. The number of para-hydroxylation sites is 1. The maximum absolute atomic E-state index is 12.7. The molecule has 1 aromatic heterocycles. The van der Waals surface area contributed by atoms with Gasteiger partial charge in [0, 0.05) is 6.54 Å². The van der Waals surface area contributed by atoms with Gasteiger partial charge in [0.1, 0.15) is 5.56 Å². The van der Waals surface area contributed by atoms with E-state index < -0.39 is 5.91 Å². The van der Waals surface area contributed by atoms with Gasteiger partial charge in [0.05, 0.1) is 18.5 Å². The molecule has 1 amide bonds. The van der Waals surface area contributed by atoms with Crippen LogP contribution in [-0.4, -0.2) is 22.4 Å². The number of amides is 1. The molecule has 21 heavy (non-hydrogen) atoms. The van der Waals surface area contributed by atoms with Gasteiger partial charge in [-0.1, -0.05) is 18.2 Å². The SMILES string of the molecule is CONC(=O)c1c2n(n(-c3ccccc3)c1=O)CCCC2. The lowest BCUT2D eigenvalue weighted by Crippen LogP contribution is -2.29. The van der Waals surface area contributed by atoms with Crippen LogP contribution in [0.25, 0.3) is 5.69 Å². The number of hydroxylamine groups is 1. The van der Waals surface area contributed by atoms with Crippen molar-refractivity contribution in [3.05, 3.63) is 51.9 Å². The topological polar surface area (TPSA) is 65.3 Å². The summed E-state index contributed by atoms with van der Waals surface area (Å²) in [5.41, 5.74) is 3.68. The van der Waals surface area contributed by atoms with Crippen LogP contribution < -0.4 is 11.0 Å². The third-order valence-corrected chi connectivity index (χ3v) is 3.70. The van der Waals surface area contributed by atoms with Crippen molar-refractivity contribution in [1.82, 2.24) is 14.8 Å². The van der Waals surface area contributed by atoms with Crippen molar-refractivity contribution in [3.8, 4) is 5.69 Å². The van der Waals surface area contributed by atoms with Crippen LogP contribution >= 0.6 is 0 Å². The number of carbonyl (C=O) groups is 1. The van der Waals surface area contributed by atoms with Crippen molar-refractivity contribution in [2.75, 3.05) is 7.11 Å². The molecule has 0 spiro atoms. The number of benzene rings is 1. The van der Waals surface area contributed by atoms with Gasteiger partial charge in [0.2, 0.25) is 0 Å². The molecular weight excluding hydrogens is 270 g/mol. The molecule has 0 saturated carbocycles. The van der Waals surface area contributed by atoms with Gasteiger partial charge in [-0.25, -0.2) is 10.2 Å². The lowest BCUT2D eigenvalue weighted by molar-refractivity contribution is 0.0535. The second-order valence-electron chi connectivity index (χ2n) is 4.99. The molecule has 0 fully saturated rings. The first kappa shape index (κ1) is 13.6. The maximum Gasteiger partial charge on any atom is 0.284 e. The maximum atomic E-state index is 12.7. The Hall–Kier alpha value is -2.34. The third-order valence-electron chi connectivity index (χ3n) is 3.70. The van der Waals surface area contributed by atoms with Crippen molar-refractivity contribution in [1.29, 1.82) is 0 Å².